The minimum absolute atomic E-state index is 0.194. The summed E-state index contributed by atoms with van der Waals surface area (Å²) in [4.78, 5) is 17.0. The van der Waals surface area contributed by atoms with Gasteiger partial charge in [0.05, 0.1) is 11.4 Å². The lowest BCUT2D eigenvalue weighted by Gasteiger charge is -2.07. The molecule has 0 radical (unpaired) electrons. The summed E-state index contributed by atoms with van der Waals surface area (Å²) < 4.78 is 6.93. The van der Waals surface area contributed by atoms with E-state index in [9.17, 15) is 4.79 Å². The first kappa shape index (κ1) is 13.6. The van der Waals surface area contributed by atoms with Crippen LogP contribution in [0.2, 0.25) is 0 Å². The molecule has 2 N–H and O–H groups in total. The van der Waals surface area contributed by atoms with Crippen LogP contribution in [0.1, 0.15) is 17.6 Å². The van der Waals surface area contributed by atoms with Crippen LogP contribution in [0.3, 0.4) is 0 Å². The van der Waals surface area contributed by atoms with Crippen molar-refractivity contribution >= 4 is 22.0 Å². The smallest absolute Gasteiger partial charge is 0.275 e. The fourth-order valence-corrected chi connectivity index (χ4v) is 2.73. The number of benzene rings is 1. The molecule has 0 saturated carbocycles. The number of nitrogen functional groups attached to an aromatic ring is 1. The Morgan fingerprint density at radius 1 is 1.38 bits per heavy atom. The van der Waals surface area contributed by atoms with Gasteiger partial charge in [-0.1, -0.05) is 30.4 Å². The van der Waals surface area contributed by atoms with E-state index in [-0.39, 0.29) is 12.2 Å². The number of ether oxygens (including phenoxy) is 1. The van der Waals surface area contributed by atoms with E-state index in [0.29, 0.717) is 22.1 Å². The van der Waals surface area contributed by atoms with Gasteiger partial charge >= 0.3 is 0 Å². The van der Waals surface area contributed by atoms with Gasteiger partial charge in [0, 0.05) is 6.07 Å². The average Bonchev–Trinajstić information content (AvgIpc) is 2.90. The van der Waals surface area contributed by atoms with Gasteiger partial charge in [-0.15, -0.1) is 0 Å². The summed E-state index contributed by atoms with van der Waals surface area (Å²) in [6, 6.07) is 8.65. The molecule has 0 amide bonds. The van der Waals surface area contributed by atoms with Gasteiger partial charge in [-0.05, 0) is 18.6 Å². The van der Waals surface area contributed by atoms with Crippen molar-refractivity contribution in [2.45, 2.75) is 20.0 Å². The fourth-order valence-electron chi connectivity index (χ4n) is 1.88. The maximum absolute atomic E-state index is 12.0. The maximum atomic E-state index is 12.0. The third-order valence-corrected chi connectivity index (χ3v) is 3.99. The van der Waals surface area contributed by atoms with Crippen LogP contribution < -0.4 is 16.0 Å². The molecule has 3 rings (SSSR count). The molecule has 0 spiro atoms. The molecule has 0 unspecified atom stereocenters. The van der Waals surface area contributed by atoms with E-state index in [0.717, 1.165) is 11.4 Å². The molecular formula is C14H14N4O2S. The maximum Gasteiger partial charge on any atom is 0.275 e. The van der Waals surface area contributed by atoms with Crippen molar-refractivity contribution in [1.29, 1.82) is 0 Å². The number of nitrogens with zero attached hydrogens (tertiary/aromatic N) is 3. The third kappa shape index (κ3) is 2.73. The van der Waals surface area contributed by atoms with Crippen LogP contribution in [0.15, 0.2) is 35.1 Å². The average molecular weight is 302 g/mol. The molecule has 6 nitrogen and oxygen atoms in total. The normalized spacial score (nSPS) is 10.9. The van der Waals surface area contributed by atoms with Crippen LogP contribution in [0.25, 0.3) is 4.96 Å². The third-order valence-electron chi connectivity index (χ3n) is 2.94. The van der Waals surface area contributed by atoms with Crippen LogP contribution in [0, 0.1) is 0 Å². The summed E-state index contributed by atoms with van der Waals surface area (Å²) in [6.07, 6.45) is 0.778. The van der Waals surface area contributed by atoms with Gasteiger partial charge < -0.3 is 10.5 Å². The predicted molar refractivity (Wildman–Crippen MR) is 81.7 cm³/mol. The van der Waals surface area contributed by atoms with Crippen LogP contribution in [0.4, 0.5) is 5.69 Å². The van der Waals surface area contributed by atoms with Crippen LogP contribution in [-0.2, 0) is 13.0 Å². The minimum atomic E-state index is -0.199. The lowest BCUT2D eigenvalue weighted by molar-refractivity contribution is 0.303. The van der Waals surface area contributed by atoms with Crippen molar-refractivity contribution in [3.05, 3.63) is 51.4 Å². The number of fused-ring (bicyclic) bond motifs is 1. The quantitative estimate of drug-likeness (QED) is 0.744. The number of hydrogen-bond donors (Lipinski definition) is 1. The first-order valence-electron chi connectivity index (χ1n) is 6.53. The second kappa shape index (κ2) is 5.53. The summed E-state index contributed by atoms with van der Waals surface area (Å²) in [5.41, 5.74) is 6.73. The second-order valence-corrected chi connectivity index (χ2v) is 5.50. The number of para-hydroxylation sites is 2. The molecule has 0 fully saturated rings. The highest BCUT2D eigenvalue weighted by atomic mass is 32.1. The molecule has 0 atom stereocenters. The monoisotopic (exact) mass is 302 g/mol. The molecule has 0 aliphatic rings. The Bertz CT molecular complexity index is 840. The first-order valence-corrected chi connectivity index (χ1v) is 7.35. The molecule has 0 bridgehead atoms. The highest BCUT2D eigenvalue weighted by Crippen LogP contribution is 2.20. The van der Waals surface area contributed by atoms with Gasteiger partial charge in [-0.2, -0.15) is 9.61 Å². The number of hydrogen-bond acceptors (Lipinski definition) is 6. The van der Waals surface area contributed by atoms with Gasteiger partial charge in [-0.3, -0.25) is 4.79 Å². The number of anilines is 1. The molecule has 21 heavy (non-hydrogen) atoms. The zero-order valence-corrected chi connectivity index (χ0v) is 12.3. The Hall–Kier alpha value is -2.41. The lowest BCUT2D eigenvalue weighted by Crippen LogP contribution is -2.16. The van der Waals surface area contributed by atoms with E-state index < -0.39 is 0 Å². The summed E-state index contributed by atoms with van der Waals surface area (Å²) in [7, 11) is 0. The van der Waals surface area contributed by atoms with Crippen molar-refractivity contribution in [2.24, 2.45) is 0 Å². The minimum Gasteiger partial charge on any atom is -0.485 e. The van der Waals surface area contributed by atoms with Gasteiger partial charge in [0.15, 0.2) is 0 Å². The highest BCUT2D eigenvalue weighted by molar-refractivity contribution is 7.16. The highest BCUT2D eigenvalue weighted by Gasteiger charge is 2.09. The lowest BCUT2D eigenvalue weighted by atomic mass is 10.3. The number of rotatable bonds is 4. The largest absolute Gasteiger partial charge is 0.485 e. The molecule has 2 aromatic heterocycles. The standard InChI is InChI=1S/C14H14N4O2S/c1-2-12-17-18-13(19)7-9(16-14(18)21-12)8-20-11-6-4-3-5-10(11)15/h3-7H,2,8,15H2,1H3. The summed E-state index contributed by atoms with van der Waals surface area (Å²) in [6.45, 7) is 2.18. The molecule has 0 aliphatic carbocycles. The number of nitrogens with two attached hydrogens (primary N) is 1. The Labute approximate surface area is 124 Å². The molecule has 1 aromatic carbocycles. The van der Waals surface area contributed by atoms with E-state index in [1.165, 1.54) is 21.9 Å². The number of aromatic nitrogens is 3. The van der Waals surface area contributed by atoms with Crippen molar-refractivity contribution < 1.29 is 4.74 Å². The molecule has 7 heteroatoms. The molecule has 2 heterocycles. The van der Waals surface area contributed by atoms with Crippen molar-refractivity contribution in [2.75, 3.05) is 5.73 Å². The van der Waals surface area contributed by atoms with E-state index in [1.807, 2.05) is 19.1 Å². The molecule has 0 saturated heterocycles. The van der Waals surface area contributed by atoms with E-state index in [1.54, 1.807) is 12.1 Å². The summed E-state index contributed by atoms with van der Waals surface area (Å²) in [5.74, 6) is 0.582. The van der Waals surface area contributed by atoms with E-state index in [4.69, 9.17) is 10.5 Å². The fraction of sp³-hybridized carbons (Fsp3) is 0.214. The molecule has 0 aliphatic heterocycles. The van der Waals surface area contributed by atoms with Crippen molar-refractivity contribution in [1.82, 2.24) is 14.6 Å². The SMILES string of the molecule is CCc1nn2c(=O)cc(COc3ccccc3N)nc2s1. The van der Waals surface area contributed by atoms with E-state index >= 15 is 0 Å². The molecule has 108 valence electrons. The van der Waals surface area contributed by atoms with Gasteiger partial charge in [-0.25, -0.2) is 4.98 Å². The van der Waals surface area contributed by atoms with Crippen molar-refractivity contribution in [3.63, 3.8) is 0 Å². The Balaban J connectivity index is 1.87. The van der Waals surface area contributed by atoms with Crippen LogP contribution >= 0.6 is 11.3 Å². The predicted octanol–water partition coefficient (Wildman–Crippen LogP) is 1.87. The Morgan fingerprint density at radius 2 is 2.19 bits per heavy atom. The first-order chi connectivity index (χ1) is 10.2. The Kier molecular flexibility index (Phi) is 3.57. The zero-order valence-electron chi connectivity index (χ0n) is 11.4. The second-order valence-electron chi connectivity index (χ2n) is 4.46. The van der Waals surface area contributed by atoms with E-state index in [2.05, 4.69) is 10.1 Å². The Morgan fingerprint density at radius 3 is 2.95 bits per heavy atom. The zero-order chi connectivity index (χ0) is 14.8. The van der Waals surface area contributed by atoms with Gasteiger partial charge in [0.25, 0.3) is 5.56 Å². The topological polar surface area (TPSA) is 82.5 Å². The number of aryl methyl sites for hydroxylation is 1. The van der Waals surface area contributed by atoms with Crippen molar-refractivity contribution in [3.8, 4) is 5.75 Å². The molecular weight excluding hydrogens is 288 g/mol. The summed E-state index contributed by atoms with van der Waals surface area (Å²) in [5, 5.41) is 5.08. The van der Waals surface area contributed by atoms with Gasteiger partial charge in [0.2, 0.25) is 4.96 Å². The summed E-state index contributed by atoms with van der Waals surface area (Å²) >= 11 is 1.41. The van der Waals surface area contributed by atoms with Gasteiger partial charge in [0.1, 0.15) is 17.4 Å². The van der Waals surface area contributed by atoms with Crippen LogP contribution in [0.5, 0.6) is 5.75 Å². The van der Waals surface area contributed by atoms with Crippen LogP contribution in [-0.4, -0.2) is 14.6 Å². The molecule has 3 aromatic rings.